The van der Waals surface area contributed by atoms with Crippen LogP contribution in [0.25, 0.3) is 0 Å². The quantitative estimate of drug-likeness (QED) is 0.772. The highest BCUT2D eigenvalue weighted by Gasteiger charge is 2.18. The SMILES string of the molecule is CN=C(/C=C(\C)C1=CN2CN=C2C=C1)Cc1ccc(Cl)cc1. The Hall–Kier alpha value is -2.13. The van der Waals surface area contributed by atoms with E-state index in [1.807, 2.05) is 31.3 Å². The van der Waals surface area contributed by atoms with Crippen molar-refractivity contribution < 1.29 is 0 Å². The zero-order valence-corrected chi connectivity index (χ0v) is 13.5. The van der Waals surface area contributed by atoms with E-state index in [4.69, 9.17) is 11.6 Å². The minimum absolute atomic E-state index is 0.759. The summed E-state index contributed by atoms with van der Waals surface area (Å²) in [5.74, 6) is 1.04. The zero-order valence-electron chi connectivity index (χ0n) is 12.8. The molecule has 0 aromatic heterocycles. The number of rotatable bonds is 4. The summed E-state index contributed by atoms with van der Waals surface area (Å²) in [6, 6.07) is 7.91. The lowest BCUT2D eigenvalue weighted by atomic mass is 10.0. The van der Waals surface area contributed by atoms with Gasteiger partial charge in [-0.2, -0.15) is 0 Å². The predicted molar refractivity (Wildman–Crippen MR) is 93.6 cm³/mol. The van der Waals surface area contributed by atoms with E-state index in [1.54, 1.807) is 0 Å². The van der Waals surface area contributed by atoms with Gasteiger partial charge in [0.05, 0.1) is 0 Å². The first-order valence-corrected chi connectivity index (χ1v) is 7.63. The van der Waals surface area contributed by atoms with Crippen molar-refractivity contribution in [2.75, 3.05) is 13.7 Å². The summed E-state index contributed by atoms with van der Waals surface area (Å²) in [7, 11) is 1.83. The van der Waals surface area contributed by atoms with Gasteiger partial charge in [0.15, 0.2) is 0 Å². The molecule has 0 radical (unpaired) electrons. The van der Waals surface area contributed by atoms with Crippen LogP contribution in [0.2, 0.25) is 5.02 Å². The van der Waals surface area contributed by atoms with Gasteiger partial charge in [-0.05, 0) is 54.0 Å². The maximum absolute atomic E-state index is 5.93. The first kappa shape index (κ1) is 14.8. The van der Waals surface area contributed by atoms with Crippen molar-refractivity contribution in [2.45, 2.75) is 13.3 Å². The van der Waals surface area contributed by atoms with Crippen molar-refractivity contribution in [1.29, 1.82) is 0 Å². The number of amidine groups is 1. The fourth-order valence-electron chi connectivity index (χ4n) is 2.44. The number of hydrogen-bond donors (Lipinski definition) is 0. The van der Waals surface area contributed by atoms with Crippen LogP contribution in [0, 0.1) is 0 Å². The van der Waals surface area contributed by atoms with E-state index >= 15 is 0 Å². The molecule has 1 aromatic carbocycles. The third-order valence-corrected chi connectivity index (χ3v) is 4.06. The summed E-state index contributed by atoms with van der Waals surface area (Å²) in [5, 5.41) is 0.759. The fraction of sp³-hybridized carbons (Fsp3) is 0.222. The molecule has 3 rings (SSSR count). The van der Waals surface area contributed by atoms with Gasteiger partial charge in [0.1, 0.15) is 12.5 Å². The van der Waals surface area contributed by atoms with Crippen LogP contribution in [0.5, 0.6) is 0 Å². The smallest absolute Gasteiger partial charge is 0.131 e. The topological polar surface area (TPSA) is 28.0 Å². The third kappa shape index (κ3) is 3.20. The molecule has 0 aliphatic carbocycles. The minimum atomic E-state index is 0.759. The van der Waals surface area contributed by atoms with Crippen molar-refractivity contribution in [2.24, 2.45) is 9.98 Å². The summed E-state index contributed by atoms with van der Waals surface area (Å²) in [4.78, 5) is 10.8. The van der Waals surface area contributed by atoms with Crippen molar-refractivity contribution in [3.8, 4) is 0 Å². The van der Waals surface area contributed by atoms with E-state index in [1.165, 1.54) is 16.7 Å². The molecule has 0 amide bonds. The van der Waals surface area contributed by atoms with E-state index in [0.29, 0.717) is 0 Å². The molecule has 22 heavy (non-hydrogen) atoms. The second kappa shape index (κ2) is 6.32. The second-order valence-electron chi connectivity index (χ2n) is 5.39. The van der Waals surface area contributed by atoms with Gasteiger partial charge < -0.3 is 4.90 Å². The van der Waals surface area contributed by atoms with Crippen LogP contribution < -0.4 is 0 Å². The molecule has 2 heterocycles. The number of fused-ring (bicyclic) bond motifs is 1. The van der Waals surface area contributed by atoms with Crippen molar-refractivity contribution in [1.82, 2.24) is 4.90 Å². The molecule has 112 valence electrons. The average Bonchev–Trinajstić information content (AvgIpc) is 2.50. The first-order chi connectivity index (χ1) is 10.7. The fourth-order valence-corrected chi connectivity index (χ4v) is 2.56. The standard InChI is InChI=1S/C18H18ClN3/c1-13(15-5-8-18-21-12-22(18)11-15)9-17(20-2)10-14-3-6-16(19)7-4-14/h3-9,11H,10,12H2,1-2H3/b13-9+,20-17?. The zero-order chi connectivity index (χ0) is 15.5. The number of halogens is 1. The van der Waals surface area contributed by atoms with Crippen molar-refractivity contribution in [3.05, 3.63) is 70.4 Å². The molecule has 2 aliphatic heterocycles. The number of hydrogen-bond acceptors (Lipinski definition) is 3. The Balaban J connectivity index is 1.74. The highest BCUT2D eigenvalue weighted by molar-refractivity contribution is 6.30. The second-order valence-corrected chi connectivity index (χ2v) is 5.83. The highest BCUT2D eigenvalue weighted by atomic mass is 35.5. The molecule has 0 spiro atoms. The molecule has 0 bridgehead atoms. The Labute approximate surface area is 136 Å². The number of allylic oxidation sites excluding steroid dienone is 4. The van der Waals surface area contributed by atoms with Gasteiger partial charge in [-0.3, -0.25) is 4.99 Å². The van der Waals surface area contributed by atoms with Crippen LogP contribution in [0.3, 0.4) is 0 Å². The Bertz CT molecular complexity index is 721. The van der Waals surface area contributed by atoms with Crippen molar-refractivity contribution in [3.63, 3.8) is 0 Å². The highest BCUT2D eigenvalue weighted by Crippen LogP contribution is 2.21. The monoisotopic (exact) mass is 311 g/mol. The summed E-state index contributed by atoms with van der Waals surface area (Å²) in [5.41, 5.74) is 4.67. The first-order valence-electron chi connectivity index (χ1n) is 7.25. The molecule has 0 fully saturated rings. The van der Waals surface area contributed by atoms with E-state index < -0.39 is 0 Å². The Morgan fingerprint density at radius 3 is 2.68 bits per heavy atom. The van der Waals surface area contributed by atoms with E-state index in [-0.39, 0.29) is 0 Å². The minimum Gasteiger partial charge on any atom is -0.312 e. The maximum atomic E-state index is 5.93. The van der Waals surface area contributed by atoms with Gasteiger partial charge in [-0.1, -0.05) is 23.7 Å². The molecule has 0 N–H and O–H groups in total. The van der Waals surface area contributed by atoms with Gasteiger partial charge in [0, 0.05) is 30.4 Å². The molecule has 4 heteroatoms. The maximum Gasteiger partial charge on any atom is 0.131 e. The van der Waals surface area contributed by atoms with E-state index in [2.05, 4.69) is 46.2 Å². The predicted octanol–water partition coefficient (Wildman–Crippen LogP) is 4.02. The van der Waals surface area contributed by atoms with Crippen LogP contribution in [0.4, 0.5) is 0 Å². The molecule has 0 atom stereocenters. The molecule has 2 aliphatic rings. The molecule has 1 aromatic rings. The lowest BCUT2D eigenvalue weighted by molar-refractivity contribution is 0.508. The summed E-state index contributed by atoms with van der Waals surface area (Å²) < 4.78 is 0. The Morgan fingerprint density at radius 2 is 2.09 bits per heavy atom. The molecular weight excluding hydrogens is 294 g/mol. The van der Waals surface area contributed by atoms with Crippen LogP contribution in [-0.2, 0) is 6.42 Å². The van der Waals surface area contributed by atoms with E-state index in [0.717, 1.165) is 29.7 Å². The van der Waals surface area contributed by atoms with Gasteiger partial charge >= 0.3 is 0 Å². The molecule has 0 saturated heterocycles. The average molecular weight is 312 g/mol. The third-order valence-electron chi connectivity index (χ3n) is 3.81. The lowest BCUT2D eigenvalue weighted by Gasteiger charge is -2.30. The molecular formula is C18H18ClN3. The summed E-state index contributed by atoms with van der Waals surface area (Å²) in [6.45, 7) is 2.88. The van der Waals surface area contributed by atoms with Crippen LogP contribution in [0.1, 0.15) is 12.5 Å². The molecule has 0 unspecified atom stereocenters. The number of aliphatic imine (C=N–C) groups is 2. The van der Waals surface area contributed by atoms with Crippen LogP contribution in [-0.4, -0.2) is 30.2 Å². The van der Waals surface area contributed by atoms with Gasteiger partial charge in [0.2, 0.25) is 0 Å². The van der Waals surface area contributed by atoms with Crippen LogP contribution in [0.15, 0.2) is 69.8 Å². The summed E-state index contributed by atoms with van der Waals surface area (Å²) >= 11 is 5.93. The van der Waals surface area contributed by atoms with E-state index in [9.17, 15) is 0 Å². The normalized spacial score (nSPS) is 17.7. The Kier molecular flexibility index (Phi) is 4.25. The summed E-state index contributed by atoms with van der Waals surface area (Å²) in [6.07, 6.45) is 9.25. The largest absolute Gasteiger partial charge is 0.312 e. The van der Waals surface area contributed by atoms with Gasteiger partial charge in [-0.15, -0.1) is 0 Å². The number of nitrogens with zero attached hydrogens (tertiary/aromatic N) is 3. The van der Waals surface area contributed by atoms with Gasteiger partial charge in [0.25, 0.3) is 0 Å². The van der Waals surface area contributed by atoms with Crippen LogP contribution >= 0.6 is 11.6 Å². The molecule has 0 saturated carbocycles. The van der Waals surface area contributed by atoms with Gasteiger partial charge in [-0.25, -0.2) is 4.99 Å². The number of benzene rings is 1. The Morgan fingerprint density at radius 1 is 1.32 bits per heavy atom. The lowest BCUT2D eigenvalue weighted by Crippen LogP contribution is -2.35. The molecule has 3 nitrogen and oxygen atoms in total. The van der Waals surface area contributed by atoms with Crippen molar-refractivity contribution >= 4 is 23.1 Å².